The van der Waals surface area contributed by atoms with Crippen LogP contribution in [0.1, 0.15) is 0 Å². The molecule has 0 amide bonds. The predicted octanol–water partition coefficient (Wildman–Crippen LogP) is 5.54. The van der Waals surface area contributed by atoms with E-state index in [2.05, 4.69) is 101 Å². The molecule has 0 aliphatic rings. The van der Waals surface area contributed by atoms with E-state index in [1.165, 1.54) is 0 Å². The summed E-state index contributed by atoms with van der Waals surface area (Å²) in [6.07, 6.45) is 0. The molecule has 0 aromatic rings. The first-order valence-corrected chi connectivity index (χ1v) is 22.6. The Labute approximate surface area is 212 Å². The van der Waals surface area contributed by atoms with Gasteiger partial charge in [-0.15, -0.1) is 22.2 Å². The summed E-state index contributed by atoms with van der Waals surface area (Å²) in [5.41, 5.74) is 13.6. The van der Waals surface area contributed by atoms with E-state index in [1.54, 1.807) is 0 Å². The fourth-order valence-corrected chi connectivity index (χ4v) is 6.75. The van der Waals surface area contributed by atoms with Crippen molar-refractivity contribution >= 4 is 44.2 Å². The molecule has 0 bridgehead atoms. The van der Waals surface area contributed by atoms with Gasteiger partial charge in [-0.1, -0.05) is 78.6 Å². The number of hydrogen-bond donors (Lipinski definition) is 2. The number of carboxylic acids is 2. The van der Waals surface area contributed by atoms with Gasteiger partial charge in [-0.3, -0.25) is 0 Å². The molecule has 0 aliphatic heterocycles. The zero-order valence-corrected chi connectivity index (χ0v) is 27.2. The third kappa shape index (κ3) is 63.0. The summed E-state index contributed by atoms with van der Waals surface area (Å²) >= 11 is 0. The topological polar surface area (TPSA) is 74.6 Å². The van der Waals surface area contributed by atoms with Gasteiger partial charge in [0.2, 0.25) is 0 Å². The first-order valence-electron chi connectivity index (χ1n) is 8.61. The van der Waals surface area contributed by atoms with Crippen LogP contribution in [0.4, 0.5) is 0 Å². The van der Waals surface area contributed by atoms with Crippen LogP contribution < -0.4 is 0 Å². The third-order valence-electron chi connectivity index (χ3n) is 1.81. The number of carbonyl (C=O) groups is 2. The summed E-state index contributed by atoms with van der Waals surface area (Å²) in [6.45, 7) is 27.5. The summed E-state index contributed by atoms with van der Waals surface area (Å²) in [6, 6.07) is 0. The molecule has 0 saturated carbocycles. The molecule has 0 rings (SSSR count). The van der Waals surface area contributed by atoms with Crippen LogP contribution in [0, 0.1) is 37.0 Å². The molecule has 0 aromatic carbocycles. The zero-order chi connectivity index (χ0) is 22.0. The maximum Gasteiger partial charge on any atom is 1.00 e. The molecule has 0 radical (unpaired) electrons. The Kier molecular flexibility index (Phi) is 31.2. The van der Waals surface area contributed by atoms with Crippen molar-refractivity contribution in [3.63, 3.8) is 0 Å². The molecule has 10 heteroatoms. The average Bonchev–Trinajstić information content (AvgIpc) is 2.32. The summed E-state index contributed by atoms with van der Waals surface area (Å²) in [5, 5.41) is 14.8. The third-order valence-corrected chi connectivity index (χ3v) is 5.81. The maximum atomic E-state index is 9.10. The van der Waals surface area contributed by atoms with E-state index in [0.29, 0.717) is 0 Å². The van der Waals surface area contributed by atoms with Crippen LogP contribution in [0.5, 0.6) is 0 Å². The Bertz CT molecular complexity index is 500. The van der Waals surface area contributed by atoms with E-state index in [1.807, 2.05) is 0 Å². The van der Waals surface area contributed by atoms with E-state index in [-0.39, 0.29) is 49.0 Å². The maximum absolute atomic E-state index is 9.10. The van der Waals surface area contributed by atoms with Crippen molar-refractivity contribution < 1.29 is 53.9 Å². The molecule has 186 valence electrons. The summed E-state index contributed by atoms with van der Waals surface area (Å²) in [5.74, 6) is -3.65. The van der Waals surface area contributed by atoms with Crippen molar-refractivity contribution in [2.75, 3.05) is 0 Å². The van der Waals surface area contributed by atoms with E-state index >= 15 is 0 Å². The molecule has 0 unspecified atom stereocenters. The first-order chi connectivity index (χ1) is 11.1. The normalized spacial score (nSPS) is 9.60. The molecule has 2 N–H and O–H groups in total. The Morgan fingerprint density at radius 3 is 0.600 bits per heavy atom. The fraction of sp³-hybridized carbons (Fsp3) is 0.600. The molecule has 0 spiro atoms. The smallest absolute Gasteiger partial charge is 0.473 e. The van der Waals surface area contributed by atoms with Gasteiger partial charge < -0.3 is 25.1 Å². The van der Waals surface area contributed by atoms with E-state index < -0.39 is 44.2 Å². The van der Waals surface area contributed by atoms with Gasteiger partial charge in [0.15, 0.2) is 0 Å². The summed E-state index contributed by atoms with van der Waals surface area (Å²) < 4.78 is 0. The van der Waals surface area contributed by atoms with Gasteiger partial charge in [0.25, 0.3) is 0 Å². The quantitative estimate of drug-likeness (QED) is 0.169. The van der Waals surface area contributed by atoms with Gasteiger partial charge in [0.05, 0.1) is 0 Å². The van der Waals surface area contributed by atoms with Gasteiger partial charge in [0.1, 0.15) is 32.3 Å². The van der Waals surface area contributed by atoms with Crippen LogP contribution in [0.15, 0.2) is 0 Å². The van der Waals surface area contributed by atoms with Crippen LogP contribution in [0.25, 0.3) is 0 Å². The van der Waals surface area contributed by atoms with Crippen molar-refractivity contribution in [3.05, 3.63) is 14.9 Å². The average molecular weight is 588 g/mol. The molecule has 0 fully saturated rings. The Morgan fingerprint density at radius 2 is 0.567 bits per heavy atom. The molecule has 0 saturated heterocycles. The molecular weight excluding hydrogens is 544 g/mol. The number of carboxylic acid groups (broad SMARTS) is 2. The van der Waals surface area contributed by atoms with Gasteiger partial charge in [0, 0.05) is 0 Å². The van der Waals surface area contributed by atoms with E-state index in [9.17, 15) is 0 Å². The van der Waals surface area contributed by atoms with Crippen LogP contribution in [-0.4, -0.2) is 54.4 Å². The second-order valence-corrected chi connectivity index (χ2v) is 29.1. The SMILES string of the molecule is C[Si](C)(C)C#C[Si](C)(C)C.C[Si](C)(C)C#C[Si](C)(C)C.O=C(O)C(=O)O.[CH3-].[CH3-].[Cu+].[Cu+]. The van der Waals surface area contributed by atoms with Crippen molar-refractivity contribution in [1.82, 2.24) is 0 Å². The molecule has 0 aromatic heterocycles. The number of hydrogen-bond acceptors (Lipinski definition) is 2. The van der Waals surface area contributed by atoms with E-state index in [0.717, 1.165) is 0 Å². The van der Waals surface area contributed by atoms with Crippen molar-refractivity contribution in [3.8, 4) is 22.2 Å². The molecule has 0 aliphatic carbocycles. The van der Waals surface area contributed by atoms with Gasteiger partial charge in [-0.05, 0) is 0 Å². The first kappa shape index (κ1) is 47.7. The Morgan fingerprint density at radius 1 is 0.467 bits per heavy atom. The van der Waals surface area contributed by atoms with Gasteiger partial charge in [-0.25, -0.2) is 9.59 Å². The van der Waals surface area contributed by atoms with Crippen molar-refractivity contribution in [1.29, 1.82) is 0 Å². The summed E-state index contributed by atoms with van der Waals surface area (Å²) in [7, 11) is -4.37. The monoisotopic (exact) mass is 586 g/mol. The Hall–Kier alpha value is -0.0335. The van der Waals surface area contributed by atoms with E-state index in [4.69, 9.17) is 19.8 Å². The van der Waals surface area contributed by atoms with Crippen LogP contribution in [0.2, 0.25) is 78.6 Å². The molecule has 0 heterocycles. The largest absolute Gasteiger partial charge is 1.00 e. The van der Waals surface area contributed by atoms with Crippen molar-refractivity contribution in [2.24, 2.45) is 0 Å². The van der Waals surface area contributed by atoms with Crippen LogP contribution in [0.3, 0.4) is 0 Å². The number of aliphatic carboxylic acids is 2. The second-order valence-electron chi connectivity index (χ2n) is 10.1. The van der Waals surface area contributed by atoms with Gasteiger partial charge >= 0.3 is 46.1 Å². The number of rotatable bonds is 0. The fourth-order valence-electron chi connectivity index (χ4n) is 0.750. The molecule has 0 atom stereocenters. The molecular formula is C20H44Cu2O4Si4. The molecule has 4 nitrogen and oxygen atoms in total. The summed E-state index contributed by atoms with van der Waals surface area (Å²) in [4.78, 5) is 18.2. The minimum atomic E-state index is -1.82. The minimum Gasteiger partial charge on any atom is -0.473 e. The minimum absolute atomic E-state index is 0. The Balaban J connectivity index is -0.0000000510. The van der Waals surface area contributed by atoms with Crippen molar-refractivity contribution in [2.45, 2.75) is 78.6 Å². The van der Waals surface area contributed by atoms with Gasteiger partial charge in [-0.2, -0.15) is 0 Å². The van der Waals surface area contributed by atoms with Crippen LogP contribution >= 0.6 is 0 Å². The van der Waals surface area contributed by atoms with Crippen LogP contribution in [-0.2, 0) is 43.7 Å². The second kappa shape index (κ2) is 19.6. The molecule has 30 heavy (non-hydrogen) atoms. The standard InChI is InChI=1S/2C8H18Si2.C2H2O4.2CH3.2Cu/c2*1-9(2,3)7-8-10(4,5)6;3-1(4)2(5)6;;;;/h2*1-6H3;(H,3,4)(H,5,6);2*1H3;;/q;;;2*-1;2*+1. The zero-order valence-electron chi connectivity index (χ0n) is 21.3. The predicted molar refractivity (Wildman–Crippen MR) is 137 cm³/mol.